The molecule has 1 aromatic carbocycles. The summed E-state index contributed by atoms with van der Waals surface area (Å²) in [5, 5.41) is 5.64. The van der Waals surface area contributed by atoms with Gasteiger partial charge in [-0.3, -0.25) is 9.59 Å². The lowest BCUT2D eigenvalue weighted by molar-refractivity contribution is -0.145. The molecule has 0 aliphatic heterocycles. The number of allylic oxidation sites excluding steroid dienone is 2. The van der Waals surface area contributed by atoms with Crippen LogP contribution in [0.1, 0.15) is 25.8 Å². The van der Waals surface area contributed by atoms with Crippen LogP contribution >= 0.6 is 0 Å². The number of esters is 1. The number of benzene rings is 1. The van der Waals surface area contributed by atoms with Crippen molar-refractivity contribution in [2.45, 2.75) is 26.9 Å². The standard InChI is InChI=1S/C20H28N2O3/c1-4-9-18(5-2)16(3)12-21-13-19(23)22-14-20(24)25-15-17-10-7-6-8-11-17/h5-11,16,21H,2,4,12-15H2,1,3H3,(H,22,23)/b18-9+. The highest BCUT2D eigenvalue weighted by atomic mass is 16.5. The first-order valence-electron chi connectivity index (χ1n) is 8.56. The first kappa shape index (κ1) is 20.6. The Hall–Kier alpha value is -2.40. The molecule has 0 aliphatic carbocycles. The van der Waals surface area contributed by atoms with Crippen molar-refractivity contribution >= 4 is 11.9 Å². The summed E-state index contributed by atoms with van der Waals surface area (Å²) in [6.07, 6.45) is 4.93. The second-order valence-electron chi connectivity index (χ2n) is 5.77. The minimum absolute atomic E-state index is 0.128. The van der Waals surface area contributed by atoms with Crippen LogP contribution in [0.3, 0.4) is 0 Å². The molecule has 25 heavy (non-hydrogen) atoms. The van der Waals surface area contributed by atoms with Gasteiger partial charge in [-0.15, -0.1) is 0 Å². The predicted molar refractivity (Wildman–Crippen MR) is 99.9 cm³/mol. The summed E-state index contributed by atoms with van der Waals surface area (Å²) in [7, 11) is 0. The minimum atomic E-state index is -0.453. The van der Waals surface area contributed by atoms with Gasteiger partial charge in [-0.2, -0.15) is 0 Å². The van der Waals surface area contributed by atoms with E-state index in [9.17, 15) is 9.59 Å². The summed E-state index contributed by atoms with van der Waals surface area (Å²) in [4.78, 5) is 23.4. The van der Waals surface area contributed by atoms with E-state index in [1.165, 1.54) is 5.57 Å². The average molecular weight is 344 g/mol. The molecule has 1 amide bonds. The predicted octanol–water partition coefficient (Wildman–Crippen LogP) is 2.59. The Bertz CT molecular complexity index is 582. The lowest BCUT2D eigenvalue weighted by atomic mass is 10.00. The van der Waals surface area contributed by atoms with Crippen LogP contribution in [0.2, 0.25) is 0 Å². The SMILES string of the molecule is C=C/C(=C\CC)C(C)CNCC(=O)NCC(=O)OCc1ccccc1. The van der Waals surface area contributed by atoms with Crippen LogP contribution in [0.4, 0.5) is 0 Å². The molecule has 0 aromatic heterocycles. The van der Waals surface area contributed by atoms with Crippen LogP contribution in [0.5, 0.6) is 0 Å². The number of hydrogen-bond acceptors (Lipinski definition) is 4. The van der Waals surface area contributed by atoms with E-state index >= 15 is 0 Å². The molecule has 0 saturated heterocycles. The van der Waals surface area contributed by atoms with E-state index in [0.29, 0.717) is 6.54 Å². The summed E-state index contributed by atoms with van der Waals surface area (Å²) in [6.45, 7) is 8.87. The zero-order valence-corrected chi connectivity index (χ0v) is 15.1. The van der Waals surface area contributed by atoms with Gasteiger partial charge in [0.05, 0.1) is 6.54 Å². The molecule has 1 unspecified atom stereocenters. The van der Waals surface area contributed by atoms with Gasteiger partial charge < -0.3 is 15.4 Å². The van der Waals surface area contributed by atoms with Crippen molar-refractivity contribution in [1.29, 1.82) is 0 Å². The number of amides is 1. The summed E-state index contributed by atoms with van der Waals surface area (Å²) < 4.78 is 5.10. The fraction of sp³-hybridized carbons (Fsp3) is 0.400. The highest BCUT2D eigenvalue weighted by molar-refractivity contribution is 5.83. The van der Waals surface area contributed by atoms with Crippen LogP contribution in [0.15, 0.2) is 54.6 Å². The lowest BCUT2D eigenvalue weighted by Gasteiger charge is -2.14. The van der Waals surface area contributed by atoms with E-state index in [2.05, 4.69) is 37.1 Å². The number of hydrogen-bond donors (Lipinski definition) is 2. The number of carbonyl (C=O) groups is 2. The van der Waals surface area contributed by atoms with Gasteiger partial charge in [-0.25, -0.2) is 0 Å². The Labute approximate surface area is 150 Å². The lowest BCUT2D eigenvalue weighted by Crippen LogP contribution is -2.38. The molecule has 0 fully saturated rings. The van der Waals surface area contributed by atoms with Gasteiger partial charge in [0.15, 0.2) is 0 Å². The number of carbonyl (C=O) groups excluding carboxylic acids is 2. The molecule has 0 bridgehead atoms. The first-order chi connectivity index (χ1) is 12.1. The molecule has 1 atom stereocenters. The third-order valence-electron chi connectivity index (χ3n) is 3.65. The monoisotopic (exact) mass is 344 g/mol. The van der Waals surface area contributed by atoms with Gasteiger partial charge in [0, 0.05) is 6.54 Å². The van der Waals surface area contributed by atoms with E-state index in [1.807, 2.05) is 36.4 Å². The maximum absolute atomic E-state index is 11.8. The fourth-order valence-electron chi connectivity index (χ4n) is 2.26. The second-order valence-corrected chi connectivity index (χ2v) is 5.77. The maximum atomic E-state index is 11.8. The van der Waals surface area contributed by atoms with E-state index in [-0.39, 0.29) is 31.5 Å². The molecule has 1 rings (SSSR count). The molecule has 136 valence electrons. The van der Waals surface area contributed by atoms with Crippen molar-refractivity contribution in [3.8, 4) is 0 Å². The average Bonchev–Trinajstić information content (AvgIpc) is 2.63. The van der Waals surface area contributed by atoms with Gasteiger partial charge in [0.25, 0.3) is 0 Å². The summed E-state index contributed by atoms with van der Waals surface area (Å²) >= 11 is 0. The molecule has 0 aliphatic rings. The highest BCUT2D eigenvalue weighted by Gasteiger charge is 2.09. The number of rotatable bonds is 11. The molecular weight excluding hydrogens is 316 g/mol. The molecule has 5 heteroatoms. The van der Waals surface area contributed by atoms with Crippen LogP contribution in [-0.2, 0) is 20.9 Å². The molecule has 2 N–H and O–H groups in total. The zero-order valence-electron chi connectivity index (χ0n) is 15.1. The van der Waals surface area contributed by atoms with Crippen LogP contribution in [-0.4, -0.2) is 31.5 Å². The first-order valence-corrected chi connectivity index (χ1v) is 8.56. The van der Waals surface area contributed by atoms with E-state index in [0.717, 1.165) is 12.0 Å². The van der Waals surface area contributed by atoms with Gasteiger partial charge >= 0.3 is 5.97 Å². The Morgan fingerprint density at radius 2 is 1.96 bits per heavy atom. The van der Waals surface area contributed by atoms with Crippen molar-refractivity contribution in [3.05, 3.63) is 60.2 Å². The maximum Gasteiger partial charge on any atom is 0.325 e. The van der Waals surface area contributed by atoms with Gasteiger partial charge in [0.2, 0.25) is 5.91 Å². The quantitative estimate of drug-likeness (QED) is 0.478. The second kappa shape index (κ2) is 12.0. The molecule has 5 nitrogen and oxygen atoms in total. The van der Waals surface area contributed by atoms with Gasteiger partial charge in [-0.05, 0) is 23.5 Å². The summed E-state index contributed by atoms with van der Waals surface area (Å²) in [5.74, 6) is -0.407. The fourth-order valence-corrected chi connectivity index (χ4v) is 2.26. The van der Waals surface area contributed by atoms with Crippen molar-refractivity contribution in [2.75, 3.05) is 19.6 Å². The number of nitrogens with one attached hydrogen (secondary N) is 2. The van der Waals surface area contributed by atoms with Crippen molar-refractivity contribution in [3.63, 3.8) is 0 Å². The van der Waals surface area contributed by atoms with E-state index in [4.69, 9.17) is 4.74 Å². The van der Waals surface area contributed by atoms with Crippen molar-refractivity contribution in [2.24, 2.45) is 5.92 Å². The normalized spacial score (nSPS) is 12.3. The van der Waals surface area contributed by atoms with Crippen LogP contribution in [0.25, 0.3) is 0 Å². The van der Waals surface area contributed by atoms with E-state index < -0.39 is 5.97 Å². The molecular formula is C20H28N2O3. The molecule has 1 aromatic rings. The van der Waals surface area contributed by atoms with Crippen molar-refractivity contribution in [1.82, 2.24) is 10.6 Å². The molecule has 0 radical (unpaired) electrons. The number of ether oxygens (including phenoxy) is 1. The third kappa shape index (κ3) is 8.86. The minimum Gasteiger partial charge on any atom is -0.460 e. The topological polar surface area (TPSA) is 67.4 Å². The van der Waals surface area contributed by atoms with Gasteiger partial charge in [0.1, 0.15) is 13.2 Å². The Morgan fingerprint density at radius 1 is 1.24 bits per heavy atom. The molecule has 0 spiro atoms. The van der Waals surface area contributed by atoms with Crippen LogP contribution < -0.4 is 10.6 Å². The molecule has 0 heterocycles. The smallest absolute Gasteiger partial charge is 0.325 e. The van der Waals surface area contributed by atoms with Gasteiger partial charge in [-0.1, -0.05) is 62.9 Å². The molecule has 0 saturated carbocycles. The Kier molecular flexibility index (Phi) is 9.94. The largest absolute Gasteiger partial charge is 0.460 e. The summed E-state index contributed by atoms with van der Waals surface area (Å²) in [5.41, 5.74) is 2.08. The summed E-state index contributed by atoms with van der Waals surface area (Å²) in [6, 6.07) is 9.41. The highest BCUT2D eigenvalue weighted by Crippen LogP contribution is 2.11. The van der Waals surface area contributed by atoms with Crippen LogP contribution in [0, 0.1) is 5.92 Å². The van der Waals surface area contributed by atoms with Crippen molar-refractivity contribution < 1.29 is 14.3 Å². The Balaban J connectivity index is 2.18. The Morgan fingerprint density at radius 3 is 2.60 bits per heavy atom. The third-order valence-corrected chi connectivity index (χ3v) is 3.65. The van der Waals surface area contributed by atoms with E-state index in [1.54, 1.807) is 0 Å². The zero-order chi connectivity index (χ0) is 18.5.